The number of nitrogens with one attached hydrogen (secondary N) is 1. The van der Waals surface area contributed by atoms with Gasteiger partial charge < -0.3 is 14.8 Å². The minimum Gasteiger partial charge on any atom is -0.482 e. The summed E-state index contributed by atoms with van der Waals surface area (Å²) in [5.74, 6) is -0.413. The van der Waals surface area contributed by atoms with Crippen LogP contribution in [0.4, 0.5) is 0 Å². The Balaban J connectivity index is 1.70. The number of carbonyl (C=O) groups excluding carboxylic acids is 2. The maximum absolute atomic E-state index is 11.7. The van der Waals surface area contributed by atoms with Crippen LogP contribution in [0.3, 0.4) is 0 Å². The van der Waals surface area contributed by atoms with Crippen LogP contribution in [0.15, 0.2) is 42.5 Å². The Hall–Kier alpha value is -2.53. The number of hydrogen-bond donors (Lipinski definition) is 1. The van der Waals surface area contributed by atoms with Crippen LogP contribution in [0.5, 0.6) is 5.75 Å². The number of halogens is 1. The van der Waals surface area contributed by atoms with Gasteiger partial charge in [-0.15, -0.1) is 0 Å². The molecule has 0 heterocycles. The van der Waals surface area contributed by atoms with Gasteiger partial charge in [-0.05, 0) is 48.7 Å². The van der Waals surface area contributed by atoms with Crippen molar-refractivity contribution in [2.45, 2.75) is 20.4 Å². The molecule has 0 aliphatic rings. The molecule has 0 bridgehead atoms. The fraction of sp³-hybridized carbons (Fsp3) is 0.263. The average molecular weight is 362 g/mol. The molecule has 0 unspecified atom stereocenters. The van der Waals surface area contributed by atoms with Crippen molar-refractivity contribution in [3.63, 3.8) is 0 Å². The molecule has 2 aromatic carbocycles. The summed E-state index contributed by atoms with van der Waals surface area (Å²) in [4.78, 5) is 23.4. The highest BCUT2D eigenvalue weighted by atomic mass is 35.5. The molecule has 0 aliphatic carbocycles. The Morgan fingerprint density at radius 3 is 2.40 bits per heavy atom. The summed E-state index contributed by atoms with van der Waals surface area (Å²) in [6.45, 7) is 3.55. The first-order valence-corrected chi connectivity index (χ1v) is 8.18. The summed E-state index contributed by atoms with van der Waals surface area (Å²) in [6, 6.07) is 12.9. The topological polar surface area (TPSA) is 64.6 Å². The van der Waals surface area contributed by atoms with Gasteiger partial charge >= 0.3 is 5.97 Å². The zero-order valence-electron chi connectivity index (χ0n) is 14.2. The molecule has 0 atom stereocenters. The highest BCUT2D eigenvalue weighted by Crippen LogP contribution is 2.16. The van der Waals surface area contributed by atoms with E-state index in [-0.39, 0.29) is 19.8 Å². The summed E-state index contributed by atoms with van der Waals surface area (Å²) in [5, 5.41) is 3.21. The molecule has 1 amide bonds. The number of aryl methyl sites for hydroxylation is 2. The van der Waals surface area contributed by atoms with Crippen molar-refractivity contribution in [3.05, 3.63) is 64.2 Å². The molecule has 132 valence electrons. The van der Waals surface area contributed by atoms with Crippen LogP contribution in [0.1, 0.15) is 16.7 Å². The van der Waals surface area contributed by atoms with E-state index in [1.165, 1.54) is 0 Å². The lowest BCUT2D eigenvalue weighted by Gasteiger charge is -2.09. The number of hydrogen-bond acceptors (Lipinski definition) is 4. The SMILES string of the molecule is Cc1cc(C)cc(OCC(=O)OCC(=O)NCc2ccccc2Cl)c1. The number of benzene rings is 2. The van der Waals surface area contributed by atoms with Crippen LogP contribution in [-0.4, -0.2) is 25.1 Å². The molecule has 0 aliphatic heterocycles. The number of amides is 1. The van der Waals surface area contributed by atoms with E-state index in [2.05, 4.69) is 5.32 Å². The second-order valence-electron chi connectivity index (χ2n) is 5.64. The predicted molar refractivity (Wildman–Crippen MR) is 95.7 cm³/mol. The van der Waals surface area contributed by atoms with E-state index in [1.54, 1.807) is 6.07 Å². The molecule has 0 aromatic heterocycles. The van der Waals surface area contributed by atoms with Crippen LogP contribution in [0, 0.1) is 13.8 Å². The van der Waals surface area contributed by atoms with Gasteiger partial charge in [-0.1, -0.05) is 35.9 Å². The van der Waals surface area contributed by atoms with Gasteiger partial charge in [0.1, 0.15) is 5.75 Å². The third kappa shape index (κ3) is 6.47. The number of esters is 1. The fourth-order valence-electron chi connectivity index (χ4n) is 2.23. The summed E-state index contributed by atoms with van der Waals surface area (Å²) < 4.78 is 10.3. The van der Waals surface area contributed by atoms with Crippen molar-refractivity contribution in [2.75, 3.05) is 13.2 Å². The molecule has 1 N–H and O–H groups in total. The highest BCUT2D eigenvalue weighted by molar-refractivity contribution is 6.31. The van der Waals surface area contributed by atoms with E-state index in [9.17, 15) is 9.59 Å². The zero-order valence-corrected chi connectivity index (χ0v) is 14.9. The van der Waals surface area contributed by atoms with Crippen LogP contribution in [0.2, 0.25) is 5.02 Å². The summed E-state index contributed by atoms with van der Waals surface area (Å²) in [6.07, 6.45) is 0. The maximum Gasteiger partial charge on any atom is 0.344 e. The van der Waals surface area contributed by atoms with E-state index >= 15 is 0 Å². The van der Waals surface area contributed by atoms with Gasteiger partial charge in [-0.2, -0.15) is 0 Å². The predicted octanol–water partition coefficient (Wildman–Crippen LogP) is 3.20. The minimum absolute atomic E-state index is 0.249. The third-order valence-corrected chi connectivity index (χ3v) is 3.72. The van der Waals surface area contributed by atoms with E-state index in [1.807, 2.05) is 50.2 Å². The molecule has 0 fully saturated rings. The van der Waals surface area contributed by atoms with Crippen molar-refractivity contribution in [2.24, 2.45) is 0 Å². The average Bonchev–Trinajstić information content (AvgIpc) is 2.56. The van der Waals surface area contributed by atoms with Gasteiger partial charge in [0.05, 0.1) is 0 Å². The molecule has 5 nitrogen and oxygen atoms in total. The van der Waals surface area contributed by atoms with Gasteiger partial charge in [-0.25, -0.2) is 4.79 Å². The molecule has 6 heteroatoms. The Morgan fingerprint density at radius 2 is 1.72 bits per heavy atom. The second kappa shape index (κ2) is 9.08. The minimum atomic E-state index is -0.605. The van der Waals surface area contributed by atoms with Gasteiger partial charge in [-0.3, -0.25) is 4.79 Å². The van der Waals surface area contributed by atoms with Crippen LogP contribution < -0.4 is 10.1 Å². The summed E-state index contributed by atoms with van der Waals surface area (Å²) in [7, 11) is 0. The van der Waals surface area contributed by atoms with E-state index < -0.39 is 11.9 Å². The first-order valence-electron chi connectivity index (χ1n) is 7.81. The maximum atomic E-state index is 11.7. The van der Waals surface area contributed by atoms with Gasteiger partial charge in [0.2, 0.25) is 0 Å². The summed E-state index contributed by atoms with van der Waals surface area (Å²) >= 11 is 6.00. The lowest BCUT2D eigenvalue weighted by Crippen LogP contribution is -2.29. The number of ether oxygens (including phenoxy) is 2. The van der Waals surface area contributed by atoms with Gasteiger partial charge in [0, 0.05) is 11.6 Å². The molecule has 0 radical (unpaired) electrons. The molecule has 0 saturated carbocycles. The number of rotatable bonds is 7. The summed E-state index contributed by atoms with van der Waals surface area (Å²) in [5.41, 5.74) is 2.88. The lowest BCUT2D eigenvalue weighted by molar-refractivity contribution is -0.150. The zero-order chi connectivity index (χ0) is 18.2. The first kappa shape index (κ1) is 18.8. The Labute approximate surface area is 151 Å². The van der Waals surface area contributed by atoms with Crippen molar-refractivity contribution in [3.8, 4) is 5.75 Å². The Bertz CT molecular complexity index is 741. The van der Waals surface area contributed by atoms with Crippen molar-refractivity contribution in [1.29, 1.82) is 0 Å². The molecular weight excluding hydrogens is 342 g/mol. The van der Waals surface area contributed by atoms with E-state index in [0.717, 1.165) is 16.7 Å². The van der Waals surface area contributed by atoms with Crippen molar-refractivity contribution >= 4 is 23.5 Å². The lowest BCUT2D eigenvalue weighted by atomic mass is 10.1. The molecule has 0 spiro atoms. The third-order valence-electron chi connectivity index (χ3n) is 3.35. The van der Waals surface area contributed by atoms with Gasteiger partial charge in [0.15, 0.2) is 13.2 Å². The molecule has 2 aromatic rings. The largest absolute Gasteiger partial charge is 0.482 e. The highest BCUT2D eigenvalue weighted by Gasteiger charge is 2.09. The second-order valence-corrected chi connectivity index (χ2v) is 6.05. The smallest absolute Gasteiger partial charge is 0.344 e. The first-order chi connectivity index (χ1) is 11.9. The van der Waals surface area contributed by atoms with E-state index in [4.69, 9.17) is 21.1 Å². The Kier molecular flexibility index (Phi) is 6.83. The monoisotopic (exact) mass is 361 g/mol. The van der Waals surface area contributed by atoms with Crippen molar-refractivity contribution in [1.82, 2.24) is 5.32 Å². The molecule has 25 heavy (non-hydrogen) atoms. The Morgan fingerprint density at radius 1 is 1.04 bits per heavy atom. The molecule has 2 rings (SSSR count). The quantitative estimate of drug-likeness (QED) is 0.769. The molecular formula is C19H20ClNO4. The normalized spacial score (nSPS) is 10.2. The van der Waals surface area contributed by atoms with Gasteiger partial charge in [0.25, 0.3) is 5.91 Å². The molecule has 0 saturated heterocycles. The van der Waals surface area contributed by atoms with Crippen LogP contribution in [-0.2, 0) is 20.9 Å². The van der Waals surface area contributed by atoms with Crippen molar-refractivity contribution < 1.29 is 19.1 Å². The fourth-order valence-corrected chi connectivity index (χ4v) is 2.44. The van der Waals surface area contributed by atoms with Crippen LogP contribution >= 0.6 is 11.6 Å². The number of carbonyl (C=O) groups is 2. The van der Waals surface area contributed by atoms with E-state index in [0.29, 0.717) is 10.8 Å². The van der Waals surface area contributed by atoms with Crippen LogP contribution in [0.25, 0.3) is 0 Å². The standard InChI is InChI=1S/C19H20ClNO4/c1-13-7-14(2)9-16(8-13)24-12-19(23)25-11-18(22)21-10-15-5-3-4-6-17(15)20/h3-9H,10-12H2,1-2H3,(H,21,22).